The van der Waals surface area contributed by atoms with E-state index in [-0.39, 0.29) is 10.5 Å². The smallest absolute Gasteiger partial charge is 0.158 e. The molecule has 2 unspecified atom stereocenters. The van der Waals surface area contributed by atoms with Gasteiger partial charge in [0.05, 0.1) is 21.2 Å². The van der Waals surface area contributed by atoms with Crippen LogP contribution in [0.4, 0.5) is 0 Å². The average Bonchev–Trinajstić information content (AvgIpc) is 3.13. The first-order chi connectivity index (χ1) is 10.5. The summed E-state index contributed by atoms with van der Waals surface area (Å²) in [7, 11) is -2.94. The number of sulfone groups is 1. The third-order valence-electron chi connectivity index (χ3n) is 5.12. The first-order valence-electron chi connectivity index (χ1n) is 8.40. The standard InChI is InChI=1S/C16H26N2O2S2/c1-3-15-10-18(8-12(2)22(15,19)20)9-14-11-21-16(17-14)13-6-4-5-7-13/h11-13,15H,3-10H2,1-2H3. The molecule has 6 heteroatoms. The van der Waals surface area contributed by atoms with Gasteiger partial charge in [0.15, 0.2) is 9.84 Å². The van der Waals surface area contributed by atoms with Gasteiger partial charge in [-0.15, -0.1) is 11.3 Å². The molecule has 1 aromatic heterocycles. The molecule has 2 atom stereocenters. The molecule has 1 aliphatic carbocycles. The summed E-state index contributed by atoms with van der Waals surface area (Å²) in [4.78, 5) is 7.10. The van der Waals surface area contributed by atoms with E-state index in [4.69, 9.17) is 4.98 Å². The number of aromatic nitrogens is 1. The number of rotatable bonds is 4. The highest BCUT2D eigenvalue weighted by atomic mass is 32.2. The van der Waals surface area contributed by atoms with Crippen LogP contribution >= 0.6 is 11.3 Å². The van der Waals surface area contributed by atoms with Crippen LogP contribution in [0.1, 0.15) is 62.6 Å². The lowest BCUT2D eigenvalue weighted by atomic mass is 10.1. The summed E-state index contributed by atoms with van der Waals surface area (Å²) in [6.07, 6.45) is 5.93. The normalized spacial score (nSPS) is 29.9. The van der Waals surface area contributed by atoms with Gasteiger partial charge in [-0.3, -0.25) is 4.90 Å². The second-order valence-corrected chi connectivity index (χ2v) is 10.3. The number of thiazole rings is 1. The lowest BCUT2D eigenvalue weighted by Crippen LogP contribution is -2.50. The van der Waals surface area contributed by atoms with E-state index >= 15 is 0 Å². The van der Waals surface area contributed by atoms with Crippen LogP contribution in [0.3, 0.4) is 0 Å². The Morgan fingerprint density at radius 2 is 2.05 bits per heavy atom. The van der Waals surface area contributed by atoms with Crippen molar-refractivity contribution in [1.29, 1.82) is 0 Å². The van der Waals surface area contributed by atoms with Crippen molar-refractivity contribution in [1.82, 2.24) is 9.88 Å². The highest BCUT2D eigenvalue weighted by Crippen LogP contribution is 2.35. The Kier molecular flexibility index (Phi) is 4.90. The Balaban J connectivity index is 1.66. The lowest BCUT2D eigenvalue weighted by Gasteiger charge is -2.35. The minimum atomic E-state index is -2.94. The molecule has 4 nitrogen and oxygen atoms in total. The molecule has 0 spiro atoms. The first-order valence-corrected chi connectivity index (χ1v) is 10.9. The molecule has 2 heterocycles. The predicted octanol–water partition coefficient (Wildman–Crippen LogP) is 3.20. The van der Waals surface area contributed by atoms with E-state index in [9.17, 15) is 8.42 Å². The van der Waals surface area contributed by atoms with Crippen LogP contribution in [0.5, 0.6) is 0 Å². The second-order valence-electron chi connectivity index (χ2n) is 6.78. The van der Waals surface area contributed by atoms with E-state index < -0.39 is 9.84 Å². The number of hydrogen-bond acceptors (Lipinski definition) is 5. The molecule has 0 N–H and O–H groups in total. The number of hydrogen-bond donors (Lipinski definition) is 0. The summed E-state index contributed by atoms with van der Waals surface area (Å²) in [5.41, 5.74) is 1.12. The van der Waals surface area contributed by atoms with Crippen LogP contribution in [0.15, 0.2) is 5.38 Å². The Labute approximate surface area is 137 Å². The largest absolute Gasteiger partial charge is 0.295 e. The first kappa shape index (κ1) is 16.4. The van der Waals surface area contributed by atoms with E-state index in [2.05, 4.69) is 10.3 Å². The molecule has 1 saturated carbocycles. The van der Waals surface area contributed by atoms with E-state index in [0.29, 0.717) is 25.4 Å². The third kappa shape index (κ3) is 3.24. The Bertz CT molecular complexity index is 605. The van der Waals surface area contributed by atoms with Crippen molar-refractivity contribution in [2.75, 3.05) is 13.1 Å². The van der Waals surface area contributed by atoms with Gasteiger partial charge in [0.25, 0.3) is 0 Å². The molecule has 124 valence electrons. The molecule has 2 fully saturated rings. The van der Waals surface area contributed by atoms with Crippen molar-refractivity contribution >= 4 is 21.2 Å². The molecule has 22 heavy (non-hydrogen) atoms. The van der Waals surface area contributed by atoms with Gasteiger partial charge in [0.1, 0.15) is 0 Å². The maximum atomic E-state index is 12.3. The van der Waals surface area contributed by atoms with Crippen LogP contribution < -0.4 is 0 Å². The van der Waals surface area contributed by atoms with Gasteiger partial charge in [0, 0.05) is 30.9 Å². The lowest BCUT2D eigenvalue weighted by molar-refractivity contribution is 0.245. The van der Waals surface area contributed by atoms with Crippen molar-refractivity contribution in [3.8, 4) is 0 Å². The van der Waals surface area contributed by atoms with Gasteiger partial charge in [-0.25, -0.2) is 13.4 Å². The molecule has 0 aromatic carbocycles. The van der Waals surface area contributed by atoms with Gasteiger partial charge in [-0.1, -0.05) is 19.8 Å². The molecule has 0 amide bonds. The van der Waals surface area contributed by atoms with Gasteiger partial charge in [-0.05, 0) is 26.2 Å². The minimum absolute atomic E-state index is 0.218. The highest BCUT2D eigenvalue weighted by molar-refractivity contribution is 7.92. The van der Waals surface area contributed by atoms with E-state index in [1.807, 2.05) is 13.8 Å². The molecule has 2 aliphatic rings. The zero-order valence-corrected chi connectivity index (χ0v) is 15.1. The van der Waals surface area contributed by atoms with E-state index in [1.54, 1.807) is 11.3 Å². The topological polar surface area (TPSA) is 50.3 Å². The summed E-state index contributed by atoms with van der Waals surface area (Å²) in [5.74, 6) is 0.669. The molecule has 1 aromatic rings. The second kappa shape index (κ2) is 6.57. The molecule has 0 bridgehead atoms. The molecular formula is C16H26N2O2S2. The van der Waals surface area contributed by atoms with Crippen LogP contribution in [-0.2, 0) is 16.4 Å². The zero-order valence-electron chi connectivity index (χ0n) is 13.5. The van der Waals surface area contributed by atoms with Gasteiger partial charge in [-0.2, -0.15) is 0 Å². The Hall–Kier alpha value is -0.460. The zero-order chi connectivity index (χ0) is 15.7. The summed E-state index contributed by atoms with van der Waals surface area (Å²) in [6, 6.07) is 0. The molecule has 1 aliphatic heterocycles. The van der Waals surface area contributed by atoms with Crippen molar-refractivity contribution < 1.29 is 8.42 Å². The Morgan fingerprint density at radius 1 is 1.32 bits per heavy atom. The SMILES string of the molecule is CCC1CN(Cc2csc(C3CCCC3)n2)CC(C)S1(=O)=O. The van der Waals surface area contributed by atoms with Crippen molar-refractivity contribution in [3.63, 3.8) is 0 Å². The van der Waals surface area contributed by atoms with Gasteiger partial charge in [0.2, 0.25) is 0 Å². The maximum absolute atomic E-state index is 12.3. The summed E-state index contributed by atoms with van der Waals surface area (Å²) in [5, 5.41) is 2.98. The van der Waals surface area contributed by atoms with E-state index in [1.165, 1.54) is 30.7 Å². The fourth-order valence-electron chi connectivity index (χ4n) is 3.74. The van der Waals surface area contributed by atoms with Crippen LogP contribution in [0, 0.1) is 0 Å². The Morgan fingerprint density at radius 3 is 2.73 bits per heavy atom. The average molecular weight is 343 g/mol. The molecular weight excluding hydrogens is 316 g/mol. The van der Waals surface area contributed by atoms with Crippen LogP contribution in [0.2, 0.25) is 0 Å². The quantitative estimate of drug-likeness (QED) is 0.843. The van der Waals surface area contributed by atoms with Crippen molar-refractivity contribution in [2.45, 2.75) is 68.9 Å². The van der Waals surface area contributed by atoms with Gasteiger partial charge >= 0.3 is 0 Å². The number of nitrogens with zero attached hydrogens (tertiary/aromatic N) is 2. The fraction of sp³-hybridized carbons (Fsp3) is 0.812. The predicted molar refractivity (Wildman–Crippen MR) is 91.1 cm³/mol. The summed E-state index contributed by atoms with van der Waals surface area (Å²) in [6.45, 7) is 5.89. The molecule has 1 saturated heterocycles. The highest BCUT2D eigenvalue weighted by Gasteiger charge is 2.37. The van der Waals surface area contributed by atoms with Crippen molar-refractivity contribution in [3.05, 3.63) is 16.1 Å². The summed E-state index contributed by atoms with van der Waals surface area (Å²) < 4.78 is 24.6. The summed E-state index contributed by atoms with van der Waals surface area (Å²) >= 11 is 1.79. The molecule has 3 rings (SSSR count). The van der Waals surface area contributed by atoms with Gasteiger partial charge < -0.3 is 0 Å². The van der Waals surface area contributed by atoms with Crippen molar-refractivity contribution in [2.24, 2.45) is 0 Å². The van der Waals surface area contributed by atoms with Crippen LogP contribution in [0.25, 0.3) is 0 Å². The van der Waals surface area contributed by atoms with E-state index in [0.717, 1.165) is 12.2 Å². The monoisotopic (exact) mass is 342 g/mol. The molecule has 0 radical (unpaired) electrons. The maximum Gasteiger partial charge on any atom is 0.158 e. The van der Waals surface area contributed by atoms with Crippen LogP contribution in [-0.4, -0.2) is 41.9 Å². The third-order valence-corrected chi connectivity index (χ3v) is 8.86. The minimum Gasteiger partial charge on any atom is -0.295 e. The fourth-order valence-corrected chi connectivity index (χ4v) is 6.68.